The maximum absolute atomic E-state index is 11.7. The van der Waals surface area contributed by atoms with Gasteiger partial charge in [0.1, 0.15) is 0 Å². The highest BCUT2D eigenvalue weighted by Gasteiger charge is 2.50. The van der Waals surface area contributed by atoms with Crippen molar-refractivity contribution in [3.05, 3.63) is 0 Å². The molecule has 0 aromatic rings. The topological polar surface area (TPSA) is 52.3 Å². The van der Waals surface area contributed by atoms with E-state index in [2.05, 4.69) is 13.8 Å². The van der Waals surface area contributed by atoms with E-state index in [1.54, 1.807) is 0 Å². The van der Waals surface area contributed by atoms with E-state index in [0.29, 0.717) is 18.3 Å². The molecule has 1 fully saturated rings. The van der Waals surface area contributed by atoms with Crippen LogP contribution in [0.25, 0.3) is 0 Å². The molecule has 2 N–H and O–H groups in total. The minimum absolute atomic E-state index is 0.127. The average molecular weight is 241 g/mol. The molecule has 1 saturated carbocycles. The van der Waals surface area contributed by atoms with E-state index in [-0.39, 0.29) is 16.9 Å². The molecule has 1 rings (SSSR count). The van der Waals surface area contributed by atoms with Crippen molar-refractivity contribution in [2.24, 2.45) is 23.0 Å². The Morgan fingerprint density at radius 1 is 1.41 bits per heavy atom. The van der Waals surface area contributed by atoms with Crippen LogP contribution in [0.1, 0.15) is 53.4 Å². The normalized spacial score (nSPS) is 34.5. The van der Waals surface area contributed by atoms with Crippen LogP contribution < -0.4 is 5.73 Å². The van der Waals surface area contributed by atoms with Crippen LogP contribution in [0.2, 0.25) is 0 Å². The van der Waals surface area contributed by atoms with E-state index in [1.165, 1.54) is 13.5 Å². The second-order valence-electron chi connectivity index (χ2n) is 6.42. The Morgan fingerprint density at radius 2 is 2.00 bits per heavy atom. The highest BCUT2D eigenvalue weighted by Crippen LogP contribution is 2.51. The van der Waals surface area contributed by atoms with Gasteiger partial charge < -0.3 is 10.5 Å². The number of ether oxygens (including phenoxy) is 1. The average Bonchev–Trinajstić information content (AvgIpc) is 2.21. The van der Waals surface area contributed by atoms with E-state index in [9.17, 15) is 4.79 Å². The molecule has 0 saturated heterocycles. The summed E-state index contributed by atoms with van der Waals surface area (Å²) in [7, 11) is 1.45. The lowest BCUT2D eigenvalue weighted by Gasteiger charge is -2.52. The summed E-state index contributed by atoms with van der Waals surface area (Å²) in [4.78, 5) is 11.7. The van der Waals surface area contributed by atoms with Gasteiger partial charge in [-0.25, -0.2) is 0 Å². The summed E-state index contributed by atoms with van der Waals surface area (Å²) < 4.78 is 4.86. The lowest BCUT2D eigenvalue weighted by molar-refractivity contribution is -0.148. The van der Waals surface area contributed by atoms with Gasteiger partial charge in [-0.3, -0.25) is 4.79 Å². The maximum Gasteiger partial charge on any atom is 0.306 e. The summed E-state index contributed by atoms with van der Waals surface area (Å²) >= 11 is 0. The van der Waals surface area contributed by atoms with Gasteiger partial charge in [0.15, 0.2) is 0 Å². The number of esters is 1. The second-order valence-corrected chi connectivity index (χ2v) is 6.42. The van der Waals surface area contributed by atoms with Crippen molar-refractivity contribution in [2.45, 2.75) is 58.9 Å². The first kappa shape index (κ1) is 14.5. The molecule has 3 unspecified atom stereocenters. The van der Waals surface area contributed by atoms with Crippen LogP contribution in [0.15, 0.2) is 0 Å². The van der Waals surface area contributed by atoms with Crippen LogP contribution in [0.4, 0.5) is 0 Å². The van der Waals surface area contributed by atoms with Gasteiger partial charge in [-0.15, -0.1) is 0 Å². The zero-order valence-electron chi connectivity index (χ0n) is 11.9. The molecule has 0 spiro atoms. The molecule has 0 aromatic heterocycles. The summed E-state index contributed by atoms with van der Waals surface area (Å²) in [5, 5.41) is 0. The minimum Gasteiger partial charge on any atom is -0.469 e. The van der Waals surface area contributed by atoms with Crippen LogP contribution >= 0.6 is 0 Å². The number of hydrogen-bond acceptors (Lipinski definition) is 3. The van der Waals surface area contributed by atoms with E-state index >= 15 is 0 Å². The van der Waals surface area contributed by atoms with Crippen LogP contribution in [0.5, 0.6) is 0 Å². The summed E-state index contributed by atoms with van der Waals surface area (Å²) in [6.45, 7) is 8.57. The van der Waals surface area contributed by atoms with Gasteiger partial charge in [0.2, 0.25) is 0 Å². The lowest BCUT2D eigenvalue weighted by Crippen LogP contribution is -2.57. The fourth-order valence-corrected chi connectivity index (χ4v) is 3.44. The van der Waals surface area contributed by atoms with Crippen LogP contribution in [0.3, 0.4) is 0 Å². The van der Waals surface area contributed by atoms with E-state index in [0.717, 1.165) is 12.8 Å². The third-order valence-corrected chi connectivity index (χ3v) is 4.72. The zero-order valence-corrected chi connectivity index (χ0v) is 11.9. The monoisotopic (exact) mass is 241 g/mol. The van der Waals surface area contributed by atoms with Gasteiger partial charge in [-0.1, -0.05) is 20.3 Å². The first-order valence-corrected chi connectivity index (χ1v) is 6.58. The molecule has 0 aromatic carbocycles. The number of nitrogens with two attached hydrogens (primary N) is 1. The van der Waals surface area contributed by atoms with Crippen molar-refractivity contribution in [3.8, 4) is 0 Å². The van der Waals surface area contributed by atoms with Gasteiger partial charge >= 0.3 is 5.97 Å². The van der Waals surface area contributed by atoms with Crippen molar-refractivity contribution in [1.29, 1.82) is 0 Å². The van der Waals surface area contributed by atoms with Gasteiger partial charge in [0.25, 0.3) is 0 Å². The number of hydrogen-bond donors (Lipinski definition) is 1. The highest BCUT2D eigenvalue weighted by molar-refractivity contribution is 5.70. The van der Waals surface area contributed by atoms with Gasteiger partial charge in [0, 0.05) is 11.0 Å². The molecule has 0 amide bonds. The van der Waals surface area contributed by atoms with Crippen LogP contribution in [-0.4, -0.2) is 18.6 Å². The fourth-order valence-electron chi connectivity index (χ4n) is 3.44. The molecular weight excluding hydrogens is 214 g/mol. The SMILES string of the molecule is COC(=O)CC1(C(C)(C)N)CC(C)CCC1C. The van der Waals surface area contributed by atoms with E-state index in [4.69, 9.17) is 10.5 Å². The smallest absolute Gasteiger partial charge is 0.306 e. The predicted octanol–water partition coefficient (Wildman–Crippen LogP) is 2.73. The second kappa shape index (κ2) is 4.97. The molecule has 17 heavy (non-hydrogen) atoms. The largest absolute Gasteiger partial charge is 0.469 e. The molecule has 100 valence electrons. The standard InChI is InChI=1S/C14H27NO2/c1-10-6-7-11(2)14(8-10,13(3,4)15)9-12(16)17-5/h10-11H,6-9,15H2,1-5H3. The predicted molar refractivity (Wildman–Crippen MR) is 69.5 cm³/mol. The number of methoxy groups -OCH3 is 1. The van der Waals surface area contributed by atoms with Crippen molar-refractivity contribution in [1.82, 2.24) is 0 Å². The summed E-state index contributed by atoms with van der Waals surface area (Å²) in [6.07, 6.45) is 3.85. The Hall–Kier alpha value is -0.570. The first-order chi connectivity index (χ1) is 7.73. The molecule has 3 nitrogen and oxygen atoms in total. The van der Waals surface area contributed by atoms with Crippen LogP contribution in [-0.2, 0) is 9.53 Å². The summed E-state index contributed by atoms with van der Waals surface area (Å²) in [5.41, 5.74) is 5.91. The van der Waals surface area contributed by atoms with E-state index in [1.807, 2.05) is 13.8 Å². The molecule has 1 aliphatic rings. The van der Waals surface area contributed by atoms with Crippen LogP contribution in [0, 0.1) is 17.3 Å². The van der Waals surface area contributed by atoms with E-state index < -0.39 is 0 Å². The zero-order chi connectivity index (χ0) is 13.3. The highest BCUT2D eigenvalue weighted by atomic mass is 16.5. The first-order valence-electron chi connectivity index (χ1n) is 6.58. The fraction of sp³-hybridized carbons (Fsp3) is 0.929. The Morgan fingerprint density at radius 3 is 2.47 bits per heavy atom. The molecule has 0 radical (unpaired) electrons. The van der Waals surface area contributed by atoms with Crippen molar-refractivity contribution < 1.29 is 9.53 Å². The Bertz CT molecular complexity index is 282. The van der Waals surface area contributed by atoms with Gasteiger partial charge in [-0.05, 0) is 38.5 Å². The summed E-state index contributed by atoms with van der Waals surface area (Å²) in [5.74, 6) is 0.973. The maximum atomic E-state index is 11.7. The van der Waals surface area contributed by atoms with Crippen molar-refractivity contribution in [3.63, 3.8) is 0 Å². The number of rotatable bonds is 3. The molecule has 0 bridgehead atoms. The van der Waals surface area contributed by atoms with Gasteiger partial charge in [-0.2, -0.15) is 0 Å². The number of carbonyl (C=O) groups is 1. The molecule has 0 heterocycles. The molecule has 0 aliphatic heterocycles. The summed E-state index contributed by atoms with van der Waals surface area (Å²) in [6, 6.07) is 0. The third kappa shape index (κ3) is 2.82. The Balaban J connectivity index is 3.03. The minimum atomic E-state index is -0.352. The molecular formula is C14H27NO2. The molecule has 1 aliphatic carbocycles. The van der Waals surface area contributed by atoms with Gasteiger partial charge in [0.05, 0.1) is 13.5 Å². The lowest BCUT2D eigenvalue weighted by atomic mass is 9.54. The van der Waals surface area contributed by atoms with Crippen molar-refractivity contribution >= 4 is 5.97 Å². The number of carbonyl (C=O) groups excluding carboxylic acids is 1. The molecule has 3 heteroatoms. The van der Waals surface area contributed by atoms with Crippen molar-refractivity contribution in [2.75, 3.05) is 7.11 Å². The Labute approximate surface area is 105 Å². The third-order valence-electron chi connectivity index (χ3n) is 4.72. The quantitative estimate of drug-likeness (QED) is 0.773. The Kier molecular flexibility index (Phi) is 4.23. The molecule has 3 atom stereocenters.